The predicted octanol–water partition coefficient (Wildman–Crippen LogP) is 2.69. The zero-order valence-electron chi connectivity index (χ0n) is 15.2. The number of benzene rings is 2. The van der Waals surface area contributed by atoms with Crippen molar-refractivity contribution in [1.82, 2.24) is 15.2 Å². The van der Waals surface area contributed by atoms with Crippen molar-refractivity contribution >= 4 is 10.9 Å². The lowest BCUT2D eigenvalue weighted by Gasteiger charge is -2.28. The van der Waals surface area contributed by atoms with Crippen LogP contribution in [0, 0.1) is 0 Å². The van der Waals surface area contributed by atoms with Crippen molar-refractivity contribution in [2.24, 2.45) is 5.73 Å². The molecule has 0 saturated heterocycles. The molecule has 4 rings (SSSR count). The summed E-state index contributed by atoms with van der Waals surface area (Å²) < 4.78 is 0. The molecule has 3 aromatic rings. The molecule has 0 spiro atoms. The number of fused-ring (bicyclic) bond motifs is 2. The SMILES string of the molecule is N[C@@H](CNCCN1CCc2ccccc2C1)Cc1c[nH]c2ccccc12. The van der Waals surface area contributed by atoms with Gasteiger partial charge in [0.2, 0.25) is 0 Å². The third-order valence-electron chi connectivity index (χ3n) is 5.38. The second kappa shape index (κ2) is 8.04. The van der Waals surface area contributed by atoms with Crippen LogP contribution in [0.15, 0.2) is 54.7 Å². The van der Waals surface area contributed by atoms with Gasteiger partial charge in [0.15, 0.2) is 0 Å². The molecule has 0 unspecified atom stereocenters. The number of nitrogens with one attached hydrogen (secondary N) is 2. The fraction of sp³-hybridized carbons (Fsp3) is 0.364. The number of rotatable bonds is 7. The fourth-order valence-electron chi connectivity index (χ4n) is 3.92. The van der Waals surface area contributed by atoms with Crippen molar-refractivity contribution in [3.8, 4) is 0 Å². The second-order valence-corrected chi connectivity index (χ2v) is 7.32. The second-order valence-electron chi connectivity index (χ2n) is 7.32. The van der Waals surface area contributed by atoms with E-state index < -0.39 is 0 Å². The first-order valence-corrected chi connectivity index (χ1v) is 9.60. The van der Waals surface area contributed by atoms with E-state index in [0.29, 0.717) is 0 Å². The van der Waals surface area contributed by atoms with E-state index >= 15 is 0 Å². The van der Waals surface area contributed by atoms with Gasteiger partial charge in [-0.15, -0.1) is 0 Å². The van der Waals surface area contributed by atoms with Crippen molar-refractivity contribution in [1.29, 1.82) is 0 Å². The molecule has 4 nitrogen and oxygen atoms in total. The summed E-state index contributed by atoms with van der Waals surface area (Å²) in [7, 11) is 0. The molecule has 2 aromatic carbocycles. The molecule has 136 valence electrons. The normalized spacial score (nSPS) is 15.9. The molecule has 0 fully saturated rings. The summed E-state index contributed by atoms with van der Waals surface area (Å²) in [6.07, 6.45) is 4.15. The zero-order chi connectivity index (χ0) is 17.8. The van der Waals surface area contributed by atoms with Gasteiger partial charge in [0, 0.05) is 55.9 Å². The molecule has 1 atom stereocenters. The van der Waals surface area contributed by atoms with Crippen LogP contribution in [0.4, 0.5) is 0 Å². The third-order valence-corrected chi connectivity index (χ3v) is 5.38. The summed E-state index contributed by atoms with van der Waals surface area (Å²) in [5, 5.41) is 4.83. The number of H-pyrrole nitrogens is 1. The van der Waals surface area contributed by atoms with Crippen molar-refractivity contribution in [2.45, 2.75) is 25.4 Å². The Hall–Kier alpha value is -2.14. The number of hydrogen-bond donors (Lipinski definition) is 3. The van der Waals surface area contributed by atoms with Gasteiger partial charge in [-0.25, -0.2) is 0 Å². The summed E-state index contributed by atoms with van der Waals surface area (Å²) in [4.78, 5) is 5.86. The molecule has 1 aliphatic rings. The number of hydrogen-bond acceptors (Lipinski definition) is 3. The molecule has 0 radical (unpaired) electrons. The predicted molar refractivity (Wildman–Crippen MR) is 108 cm³/mol. The Morgan fingerprint density at radius 2 is 1.88 bits per heavy atom. The van der Waals surface area contributed by atoms with Crippen LogP contribution in [0.2, 0.25) is 0 Å². The summed E-state index contributed by atoms with van der Waals surface area (Å²) in [5.41, 5.74) is 11.8. The molecule has 26 heavy (non-hydrogen) atoms. The zero-order valence-corrected chi connectivity index (χ0v) is 15.2. The summed E-state index contributed by atoms with van der Waals surface area (Å²) in [6, 6.07) is 17.4. The average Bonchev–Trinajstić information content (AvgIpc) is 3.08. The minimum absolute atomic E-state index is 0.135. The van der Waals surface area contributed by atoms with E-state index in [2.05, 4.69) is 69.9 Å². The maximum absolute atomic E-state index is 6.35. The van der Waals surface area contributed by atoms with Gasteiger partial charge in [0.1, 0.15) is 0 Å². The average molecular weight is 348 g/mol. The van der Waals surface area contributed by atoms with Crippen LogP contribution in [0.3, 0.4) is 0 Å². The third kappa shape index (κ3) is 3.98. The van der Waals surface area contributed by atoms with E-state index in [-0.39, 0.29) is 6.04 Å². The van der Waals surface area contributed by atoms with Gasteiger partial charge in [0.25, 0.3) is 0 Å². The van der Waals surface area contributed by atoms with Crippen molar-refractivity contribution < 1.29 is 0 Å². The van der Waals surface area contributed by atoms with Crippen molar-refractivity contribution in [3.05, 3.63) is 71.4 Å². The highest BCUT2D eigenvalue weighted by Gasteiger charge is 2.15. The minimum Gasteiger partial charge on any atom is -0.361 e. The molecule has 4 N–H and O–H groups in total. The highest BCUT2D eigenvalue weighted by atomic mass is 15.1. The summed E-state index contributed by atoms with van der Waals surface area (Å²) in [6.45, 7) is 5.14. The van der Waals surface area contributed by atoms with Crippen LogP contribution in [-0.2, 0) is 19.4 Å². The van der Waals surface area contributed by atoms with Gasteiger partial charge in [0.05, 0.1) is 0 Å². The quantitative estimate of drug-likeness (QED) is 0.576. The van der Waals surface area contributed by atoms with Crippen LogP contribution in [0.25, 0.3) is 10.9 Å². The van der Waals surface area contributed by atoms with Crippen LogP contribution in [0.1, 0.15) is 16.7 Å². The van der Waals surface area contributed by atoms with Gasteiger partial charge in [-0.2, -0.15) is 0 Å². The van der Waals surface area contributed by atoms with Crippen LogP contribution >= 0.6 is 0 Å². The number of nitrogens with zero attached hydrogens (tertiary/aromatic N) is 1. The molecule has 0 amide bonds. The van der Waals surface area contributed by atoms with Crippen LogP contribution in [0.5, 0.6) is 0 Å². The molecule has 0 bridgehead atoms. The van der Waals surface area contributed by atoms with E-state index in [4.69, 9.17) is 5.73 Å². The van der Waals surface area contributed by atoms with Crippen LogP contribution in [-0.4, -0.2) is 42.1 Å². The fourth-order valence-corrected chi connectivity index (χ4v) is 3.92. The minimum atomic E-state index is 0.135. The maximum atomic E-state index is 6.35. The smallest absolute Gasteiger partial charge is 0.0456 e. The molecule has 4 heteroatoms. The Morgan fingerprint density at radius 1 is 1.08 bits per heavy atom. The largest absolute Gasteiger partial charge is 0.361 e. The number of aromatic amines is 1. The number of aromatic nitrogens is 1. The molecule has 1 aliphatic heterocycles. The molecule has 2 heterocycles. The van der Waals surface area contributed by atoms with Crippen molar-refractivity contribution in [3.63, 3.8) is 0 Å². The lowest BCUT2D eigenvalue weighted by Crippen LogP contribution is -2.40. The van der Waals surface area contributed by atoms with Crippen molar-refractivity contribution in [2.75, 3.05) is 26.2 Å². The van der Waals surface area contributed by atoms with Gasteiger partial charge in [-0.05, 0) is 35.6 Å². The Kier molecular flexibility index (Phi) is 5.34. The topological polar surface area (TPSA) is 57.1 Å². The summed E-state index contributed by atoms with van der Waals surface area (Å²) in [5.74, 6) is 0. The standard InChI is InChI=1S/C22H28N4/c23-20(13-19-14-25-22-8-4-3-7-21(19)22)15-24-10-12-26-11-9-17-5-1-2-6-18(17)16-26/h1-8,14,20,24-25H,9-13,15-16,23H2/t20-/m1/s1. The van der Waals surface area contributed by atoms with Gasteiger partial charge in [-0.3, -0.25) is 4.90 Å². The van der Waals surface area contributed by atoms with Gasteiger partial charge in [-0.1, -0.05) is 42.5 Å². The molecular weight excluding hydrogens is 320 g/mol. The first kappa shape index (κ1) is 17.3. The molecule has 0 aliphatic carbocycles. The highest BCUT2D eigenvalue weighted by molar-refractivity contribution is 5.83. The first-order chi connectivity index (χ1) is 12.8. The maximum Gasteiger partial charge on any atom is 0.0456 e. The number of para-hydroxylation sites is 1. The molecule has 0 saturated carbocycles. The van der Waals surface area contributed by atoms with E-state index in [1.807, 2.05) is 0 Å². The Bertz CT molecular complexity index is 854. The molecular formula is C22H28N4. The number of nitrogens with two attached hydrogens (primary N) is 1. The lowest BCUT2D eigenvalue weighted by atomic mass is 10.00. The van der Waals surface area contributed by atoms with E-state index in [0.717, 1.165) is 45.6 Å². The van der Waals surface area contributed by atoms with E-state index in [1.165, 1.54) is 27.6 Å². The Balaban J connectivity index is 1.20. The first-order valence-electron chi connectivity index (χ1n) is 9.60. The summed E-state index contributed by atoms with van der Waals surface area (Å²) >= 11 is 0. The lowest BCUT2D eigenvalue weighted by molar-refractivity contribution is 0.253. The Morgan fingerprint density at radius 3 is 2.81 bits per heavy atom. The van der Waals surface area contributed by atoms with E-state index in [9.17, 15) is 0 Å². The monoisotopic (exact) mass is 348 g/mol. The highest BCUT2D eigenvalue weighted by Crippen LogP contribution is 2.19. The van der Waals surface area contributed by atoms with Gasteiger partial charge < -0.3 is 16.0 Å². The van der Waals surface area contributed by atoms with Crippen LogP contribution < -0.4 is 11.1 Å². The van der Waals surface area contributed by atoms with E-state index in [1.54, 1.807) is 0 Å². The Labute approximate surface area is 155 Å². The molecule has 1 aromatic heterocycles. The van der Waals surface area contributed by atoms with Gasteiger partial charge >= 0.3 is 0 Å².